The number of hydrogen-bond donors (Lipinski definition) is 1. The van der Waals surface area contributed by atoms with E-state index in [4.69, 9.17) is 9.47 Å². The van der Waals surface area contributed by atoms with Crippen LogP contribution in [0.2, 0.25) is 0 Å². The van der Waals surface area contributed by atoms with Crippen molar-refractivity contribution in [3.63, 3.8) is 0 Å². The normalized spacial score (nSPS) is 13.0. The van der Waals surface area contributed by atoms with Gasteiger partial charge in [-0.15, -0.1) is 0 Å². The van der Waals surface area contributed by atoms with E-state index in [1.165, 1.54) is 0 Å². The summed E-state index contributed by atoms with van der Waals surface area (Å²) >= 11 is 0. The van der Waals surface area contributed by atoms with Gasteiger partial charge in [-0.25, -0.2) is 4.98 Å². The van der Waals surface area contributed by atoms with E-state index in [-0.39, 0.29) is 31.4 Å². The van der Waals surface area contributed by atoms with Crippen LogP contribution >= 0.6 is 0 Å². The number of benzene rings is 1. The van der Waals surface area contributed by atoms with Crippen molar-refractivity contribution in [3.05, 3.63) is 42.6 Å². The zero-order chi connectivity index (χ0) is 17.6. The Morgan fingerprint density at radius 3 is 3.00 bits per heavy atom. The summed E-state index contributed by atoms with van der Waals surface area (Å²) in [6.45, 7) is 2.56. The molecule has 1 aliphatic heterocycles. The quantitative estimate of drug-likeness (QED) is 0.871. The van der Waals surface area contributed by atoms with Gasteiger partial charge in [-0.3, -0.25) is 9.59 Å². The Morgan fingerprint density at radius 2 is 2.16 bits per heavy atom. The first kappa shape index (κ1) is 16.8. The van der Waals surface area contributed by atoms with Crippen LogP contribution < -0.4 is 19.7 Å². The molecule has 2 heterocycles. The highest BCUT2D eigenvalue weighted by Gasteiger charge is 2.25. The Bertz CT molecular complexity index is 778. The maximum atomic E-state index is 12.3. The van der Waals surface area contributed by atoms with Gasteiger partial charge in [-0.05, 0) is 31.2 Å². The van der Waals surface area contributed by atoms with Crippen LogP contribution in [-0.2, 0) is 9.59 Å². The highest BCUT2D eigenvalue weighted by Crippen LogP contribution is 2.31. The number of anilines is 2. The average molecular weight is 341 g/mol. The summed E-state index contributed by atoms with van der Waals surface area (Å²) in [5.74, 6) is 0.646. The van der Waals surface area contributed by atoms with Gasteiger partial charge in [0.05, 0.1) is 12.3 Å². The van der Waals surface area contributed by atoms with Gasteiger partial charge in [0.2, 0.25) is 11.8 Å². The number of ether oxygens (including phenoxy) is 2. The Hall–Kier alpha value is -3.09. The minimum absolute atomic E-state index is 0.0181. The first-order valence-electron chi connectivity index (χ1n) is 8.09. The van der Waals surface area contributed by atoms with E-state index >= 15 is 0 Å². The molecule has 7 nitrogen and oxygen atoms in total. The van der Waals surface area contributed by atoms with Gasteiger partial charge in [-0.2, -0.15) is 0 Å². The molecule has 3 rings (SSSR count). The number of pyridine rings is 1. The molecule has 25 heavy (non-hydrogen) atoms. The van der Waals surface area contributed by atoms with Crippen LogP contribution in [0.25, 0.3) is 0 Å². The third-order valence-corrected chi connectivity index (χ3v) is 3.70. The van der Waals surface area contributed by atoms with Crippen LogP contribution in [-0.4, -0.2) is 36.6 Å². The van der Waals surface area contributed by atoms with Crippen LogP contribution in [0.15, 0.2) is 42.6 Å². The van der Waals surface area contributed by atoms with Gasteiger partial charge >= 0.3 is 0 Å². The smallest absolute Gasteiger partial charge is 0.265 e. The van der Waals surface area contributed by atoms with Crippen molar-refractivity contribution in [1.29, 1.82) is 0 Å². The number of carbonyl (C=O) groups is 2. The lowest BCUT2D eigenvalue weighted by Gasteiger charge is -2.29. The maximum Gasteiger partial charge on any atom is 0.265 e. The zero-order valence-corrected chi connectivity index (χ0v) is 13.9. The Morgan fingerprint density at radius 1 is 1.32 bits per heavy atom. The highest BCUT2D eigenvalue weighted by atomic mass is 16.5. The van der Waals surface area contributed by atoms with Crippen molar-refractivity contribution >= 4 is 23.2 Å². The molecule has 0 bridgehead atoms. The molecule has 1 aromatic heterocycles. The lowest BCUT2D eigenvalue weighted by Crippen LogP contribution is -2.40. The molecule has 0 spiro atoms. The molecule has 0 saturated heterocycles. The van der Waals surface area contributed by atoms with Crippen LogP contribution in [0.5, 0.6) is 11.6 Å². The van der Waals surface area contributed by atoms with E-state index in [9.17, 15) is 9.59 Å². The number of para-hydroxylation sites is 2. The fourth-order valence-corrected chi connectivity index (χ4v) is 2.56. The minimum Gasteiger partial charge on any atom is -0.482 e. The number of aromatic nitrogens is 1. The van der Waals surface area contributed by atoms with Crippen molar-refractivity contribution in [1.82, 2.24) is 4.98 Å². The molecule has 0 atom stereocenters. The van der Waals surface area contributed by atoms with Gasteiger partial charge in [0.1, 0.15) is 11.4 Å². The number of nitrogens with zero attached hydrogens (tertiary/aromatic N) is 2. The van der Waals surface area contributed by atoms with Crippen molar-refractivity contribution < 1.29 is 19.1 Å². The molecule has 0 aliphatic carbocycles. The van der Waals surface area contributed by atoms with Gasteiger partial charge in [0.15, 0.2) is 6.61 Å². The molecule has 130 valence electrons. The van der Waals surface area contributed by atoms with Crippen LogP contribution in [0.1, 0.15) is 13.3 Å². The summed E-state index contributed by atoms with van der Waals surface area (Å²) in [5, 5.41) is 2.78. The van der Waals surface area contributed by atoms with Crippen molar-refractivity contribution in [2.24, 2.45) is 0 Å². The number of carbonyl (C=O) groups excluding carboxylic acids is 2. The summed E-state index contributed by atoms with van der Waals surface area (Å²) in [4.78, 5) is 30.0. The van der Waals surface area contributed by atoms with E-state index in [1.807, 2.05) is 19.1 Å². The number of hydrogen-bond acceptors (Lipinski definition) is 5. The SMILES string of the molecule is CCOc1ncccc1NC(=O)CCN1C(=O)COc2ccccc21. The molecular formula is C18H19N3O4. The minimum atomic E-state index is -0.217. The highest BCUT2D eigenvalue weighted by molar-refractivity contribution is 5.99. The molecule has 2 aromatic rings. The predicted molar refractivity (Wildman–Crippen MR) is 92.9 cm³/mol. The van der Waals surface area contributed by atoms with Gasteiger partial charge in [0.25, 0.3) is 5.91 Å². The van der Waals surface area contributed by atoms with Crippen molar-refractivity contribution in [3.8, 4) is 11.6 Å². The van der Waals surface area contributed by atoms with E-state index < -0.39 is 0 Å². The first-order valence-corrected chi connectivity index (χ1v) is 8.09. The third kappa shape index (κ3) is 3.88. The summed E-state index contributed by atoms with van der Waals surface area (Å²) in [7, 11) is 0. The van der Waals surface area contributed by atoms with Crippen molar-refractivity contribution in [2.45, 2.75) is 13.3 Å². The molecule has 0 unspecified atom stereocenters. The summed E-state index contributed by atoms with van der Waals surface area (Å²) in [6.07, 6.45) is 1.75. The third-order valence-electron chi connectivity index (χ3n) is 3.70. The molecule has 2 amide bonds. The lowest BCUT2D eigenvalue weighted by molar-refractivity contribution is -0.121. The first-order chi connectivity index (χ1) is 12.2. The van der Waals surface area contributed by atoms with Crippen LogP contribution in [0, 0.1) is 0 Å². The molecule has 0 fully saturated rings. The van der Waals surface area contributed by atoms with Crippen molar-refractivity contribution in [2.75, 3.05) is 30.0 Å². The number of nitrogens with one attached hydrogen (secondary N) is 1. The molecule has 0 saturated carbocycles. The second-order valence-electron chi connectivity index (χ2n) is 5.39. The molecule has 0 radical (unpaired) electrons. The van der Waals surface area contributed by atoms with Crippen LogP contribution in [0.4, 0.5) is 11.4 Å². The topological polar surface area (TPSA) is 80.8 Å². The molecule has 1 N–H and O–H groups in total. The standard InChI is InChI=1S/C18H19N3O4/c1-2-24-18-13(6-5-10-19-18)20-16(22)9-11-21-14-7-3-4-8-15(14)25-12-17(21)23/h3-8,10H,2,9,11-12H2,1H3,(H,20,22). The molecular weight excluding hydrogens is 322 g/mol. The Labute approximate surface area is 145 Å². The van der Waals surface area contributed by atoms with E-state index in [0.29, 0.717) is 29.6 Å². The second-order valence-corrected chi connectivity index (χ2v) is 5.39. The number of rotatable bonds is 6. The number of fused-ring (bicyclic) bond motifs is 1. The molecule has 7 heteroatoms. The number of amides is 2. The fourth-order valence-electron chi connectivity index (χ4n) is 2.56. The Kier molecular flexibility index (Phi) is 5.13. The summed E-state index contributed by atoms with van der Waals surface area (Å²) in [5.41, 5.74) is 1.20. The van der Waals surface area contributed by atoms with Gasteiger partial charge in [-0.1, -0.05) is 12.1 Å². The lowest BCUT2D eigenvalue weighted by atomic mass is 10.2. The van der Waals surface area contributed by atoms with Gasteiger partial charge < -0.3 is 19.7 Å². The Balaban J connectivity index is 1.64. The molecule has 1 aromatic carbocycles. The second kappa shape index (κ2) is 7.65. The summed E-state index contributed by atoms with van der Waals surface area (Å²) < 4.78 is 10.8. The maximum absolute atomic E-state index is 12.3. The van der Waals surface area contributed by atoms with Crippen LogP contribution in [0.3, 0.4) is 0 Å². The van der Waals surface area contributed by atoms with Gasteiger partial charge in [0, 0.05) is 19.2 Å². The summed E-state index contributed by atoms with van der Waals surface area (Å²) in [6, 6.07) is 10.7. The zero-order valence-electron chi connectivity index (χ0n) is 13.9. The van der Waals surface area contributed by atoms with E-state index in [2.05, 4.69) is 10.3 Å². The average Bonchev–Trinajstić information content (AvgIpc) is 2.63. The fraction of sp³-hybridized carbons (Fsp3) is 0.278. The van der Waals surface area contributed by atoms with E-state index in [0.717, 1.165) is 0 Å². The monoisotopic (exact) mass is 341 g/mol. The molecule has 1 aliphatic rings. The van der Waals surface area contributed by atoms with E-state index in [1.54, 1.807) is 35.4 Å². The largest absolute Gasteiger partial charge is 0.482 e. The predicted octanol–water partition coefficient (Wildman–Crippen LogP) is 2.23.